The van der Waals surface area contributed by atoms with Gasteiger partial charge in [0.15, 0.2) is 0 Å². The van der Waals surface area contributed by atoms with E-state index in [2.05, 4.69) is 24.0 Å². The number of hydrogen-bond acceptors (Lipinski definition) is 2. The Morgan fingerprint density at radius 1 is 1.37 bits per heavy atom. The molecule has 1 fully saturated rings. The predicted molar refractivity (Wildman–Crippen MR) is 84.0 cm³/mol. The van der Waals surface area contributed by atoms with Gasteiger partial charge in [0.05, 0.1) is 0 Å². The molecule has 1 saturated heterocycles. The van der Waals surface area contributed by atoms with Crippen LogP contribution in [0, 0.1) is 5.92 Å². The van der Waals surface area contributed by atoms with E-state index in [1.54, 1.807) is 0 Å². The van der Waals surface area contributed by atoms with Crippen molar-refractivity contribution in [3.05, 3.63) is 28.8 Å². The van der Waals surface area contributed by atoms with E-state index >= 15 is 0 Å². The van der Waals surface area contributed by atoms with Crippen molar-refractivity contribution in [1.82, 2.24) is 0 Å². The van der Waals surface area contributed by atoms with Crippen LogP contribution in [0.2, 0.25) is 5.02 Å². The van der Waals surface area contributed by atoms with Gasteiger partial charge >= 0.3 is 0 Å². The Morgan fingerprint density at radius 3 is 2.89 bits per heavy atom. The van der Waals surface area contributed by atoms with Crippen molar-refractivity contribution in [3.8, 4) is 0 Å². The summed E-state index contributed by atoms with van der Waals surface area (Å²) in [7, 11) is 0. The molecule has 1 aliphatic rings. The number of rotatable bonds is 3. The molecule has 0 saturated carbocycles. The van der Waals surface area contributed by atoms with Gasteiger partial charge in [-0.3, -0.25) is 0 Å². The summed E-state index contributed by atoms with van der Waals surface area (Å²) in [5, 5.41) is 0.854. The molecule has 0 bridgehead atoms. The van der Waals surface area contributed by atoms with Crippen LogP contribution < -0.4 is 10.6 Å². The fraction of sp³-hybridized carbons (Fsp3) is 0.625. The van der Waals surface area contributed by atoms with E-state index in [9.17, 15) is 0 Å². The molecule has 2 atom stereocenters. The molecule has 0 amide bonds. The molecule has 0 radical (unpaired) electrons. The summed E-state index contributed by atoms with van der Waals surface area (Å²) in [5.74, 6) is 0.834. The average molecular weight is 281 g/mol. The molecule has 1 aliphatic heterocycles. The molecule has 3 heteroatoms. The highest BCUT2D eigenvalue weighted by molar-refractivity contribution is 6.31. The largest absolute Gasteiger partial charge is 0.371 e. The van der Waals surface area contributed by atoms with Gasteiger partial charge in [-0.15, -0.1) is 0 Å². The van der Waals surface area contributed by atoms with Crippen LogP contribution in [0.4, 0.5) is 5.69 Å². The Labute approximate surface area is 121 Å². The lowest BCUT2D eigenvalue weighted by atomic mass is 10.0. The molecule has 106 valence electrons. The number of anilines is 1. The van der Waals surface area contributed by atoms with Crippen LogP contribution in [0.1, 0.15) is 38.7 Å². The monoisotopic (exact) mass is 280 g/mol. The molecule has 1 aromatic carbocycles. The van der Waals surface area contributed by atoms with Crippen LogP contribution in [0.5, 0.6) is 0 Å². The van der Waals surface area contributed by atoms with Crippen molar-refractivity contribution in [2.45, 2.75) is 45.6 Å². The van der Waals surface area contributed by atoms with Gasteiger partial charge < -0.3 is 10.6 Å². The summed E-state index contributed by atoms with van der Waals surface area (Å²) < 4.78 is 0. The van der Waals surface area contributed by atoms with Crippen molar-refractivity contribution >= 4 is 17.3 Å². The van der Waals surface area contributed by atoms with Gasteiger partial charge in [-0.2, -0.15) is 0 Å². The molecule has 1 aromatic rings. The SMILES string of the molecule is CC(N)Cc1c(Cl)cccc1N1CCCC(C)CC1. The molecule has 0 spiro atoms. The maximum atomic E-state index is 6.38. The van der Waals surface area contributed by atoms with E-state index < -0.39 is 0 Å². The number of hydrogen-bond donors (Lipinski definition) is 1. The third-order valence-electron chi connectivity index (χ3n) is 3.98. The third-order valence-corrected chi connectivity index (χ3v) is 4.33. The van der Waals surface area contributed by atoms with Gasteiger partial charge in [-0.1, -0.05) is 24.6 Å². The van der Waals surface area contributed by atoms with Crippen molar-refractivity contribution in [3.63, 3.8) is 0 Å². The van der Waals surface area contributed by atoms with Crippen molar-refractivity contribution in [2.24, 2.45) is 11.7 Å². The first-order valence-electron chi connectivity index (χ1n) is 7.36. The molecule has 0 aromatic heterocycles. The highest BCUT2D eigenvalue weighted by atomic mass is 35.5. The first-order chi connectivity index (χ1) is 9.08. The second-order valence-electron chi connectivity index (χ2n) is 5.94. The van der Waals surface area contributed by atoms with Crippen LogP contribution in [-0.4, -0.2) is 19.1 Å². The molecule has 19 heavy (non-hydrogen) atoms. The molecule has 2 unspecified atom stereocenters. The summed E-state index contributed by atoms with van der Waals surface area (Å²) in [6.07, 6.45) is 4.72. The lowest BCUT2D eigenvalue weighted by molar-refractivity contribution is 0.521. The Morgan fingerprint density at radius 2 is 2.16 bits per heavy atom. The van der Waals surface area contributed by atoms with E-state index in [0.717, 1.165) is 30.5 Å². The minimum atomic E-state index is 0.143. The Kier molecular flexibility index (Phi) is 5.12. The summed E-state index contributed by atoms with van der Waals surface area (Å²) in [4.78, 5) is 2.49. The topological polar surface area (TPSA) is 29.3 Å². The third kappa shape index (κ3) is 3.87. The fourth-order valence-corrected chi connectivity index (χ4v) is 3.12. The van der Waals surface area contributed by atoms with Gasteiger partial charge in [-0.05, 0) is 56.2 Å². The summed E-state index contributed by atoms with van der Waals surface area (Å²) in [6.45, 7) is 6.66. The second kappa shape index (κ2) is 6.62. The van der Waals surface area contributed by atoms with E-state index in [1.807, 2.05) is 13.0 Å². The lowest BCUT2D eigenvalue weighted by Gasteiger charge is -2.27. The Bertz CT molecular complexity index is 417. The second-order valence-corrected chi connectivity index (χ2v) is 6.35. The Hall–Kier alpha value is -0.730. The van der Waals surface area contributed by atoms with Crippen molar-refractivity contribution in [1.29, 1.82) is 0 Å². The van der Waals surface area contributed by atoms with Crippen molar-refractivity contribution in [2.75, 3.05) is 18.0 Å². The molecular weight excluding hydrogens is 256 g/mol. The zero-order chi connectivity index (χ0) is 13.8. The van der Waals surface area contributed by atoms with Crippen LogP contribution in [0.3, 0.4) is 0 Å². The van der Waals surface area contributed by atoms with Crippen LogP contribution >= 0.6 is 11.6 Å². The molecule has 1 heterocycles. The number of benzene rings is 1. The maximum Gasteiger partial charge on any atom is 0.0459 e. The van der Waals surface area contributed by atoms with E-state index in [-0.39, 0.29) is 6.04 Å². The first kappa shape index (κ1) is 14.7. The van der Waals surface area contributed by atoms with Crippen molar-refractivity contribution < 1.29 is 0 Å². The van der Waals surface area contributed by atoms with Gasteiger partial charge in [0.1, 0.15) is 0 Å². The average Bonchev–Trinajstić information content (AvgIpc) is 2.56. The van der Waals surface area contributed by atoms with Crippen LogP contribution in [-0.2, 0) is 6.42 Å². The molecular formula is C16H25ClN2. The first-order valence-corrected chi connectivity index (χ1v) is 7.73. The van der Waals surface area contributed by atoms with E-state index in [4.69, 9.17) is 17.3 Å². The number of nitrogens with zero attached hydrogens (tertiary/aromatic N) is 1. The van der Waals surface area contributed by atoms with Gasteiger partial charge in [-0.25, -0.2) is 0 Å². The molecule has 2 rings (SSSR count). The standard InChI is InChI=1S/C16H25ClN2/c1-12-5-4-9-19(10-8-12)16-7-3-6-15(17)14(16)11-13(2)18/h3,6-7,12-13H,4-5,8-11,18H2,1-2H3. The van der Waals surface area contributed by atoms with E-state index in [0.29, 0.717) is 0 Å². The lowest BCUT2D eigenvalue weighted by Crippen LogP contribution is -2.27. The summed E-state index contributed by atoms with van der Waals surface area (Å²) in [5.41, 5.74) is 8.47. The summed E-state index contributed by atoms with van der Waals surface area (Å²) >= 11 is 6.38. The maximum absolute atomic E-state index is 6.38. The molecule has 2 N–H and O–H groups in total. The van der Waals surface area contributed by atoms with Crippen LogP contribution in [0.25, 0.3) is 0 Å². The number of halogens is 1. The van der Waals surface area contributed by atoms with Gasteiger partial charge in [0.2, 0.25) is 0 Å². The quantitative estimate of drug-likeness (QED) is 0.911. The van der Waals surface area contributed by atoms with E-state index in [1.165, 1.54) is 30.5 Å². The smallest absolute Gasteiger partial charge is 0.0459 e. The highest BCUT2D eigenvalue weighted by Gasteiger charge is 2.18. The normalized spacial score (nSPS) is 22.1. The molecule has 2 nitrogen and oxygen atoms in total. The zero-order valence-electron chi connectivity index (χ0n) is 12.0. The minimum absolute atomic E-state index is 0.143. The Balaban J connectivity index is 2.25. The van der Waals surface area contributed by atoms with Gasteiger partial charge in [0, 0.05) is 29.8 Å². The summed E-state index contributed by atoms with van der Waals surface area (Å²) in [6, 6.07) is 6.36. The fourth-order valence-electron chi connectivity index (χ4n) is 2.87. The predicted octanol–water partition coefficient (Wildman–Crippen LogP) is 3.86. The van der Waals surface area contributed by atoms with Crippen LogP contribution in [0.15, 0.2) is 18.2 Å². The highest BCUT2D eigenvalue weighted by Crippen LogP contribution is 2.31. The minimum Gasteiger partial charge on any atom is -0.371 e. The molecule has 0 aliphatic carbocycles. The number of nitrogens with two attached hydrogens (primary N) is 1. The zero-order valence-corrected chi connectivity index (χ0v) is 12.8. The van der Waals surface area contributed by atoms with Gasteiger partial charge in [0.25, 0.3) is 0 Å².